The minimum Gasteiger partial charge on any atom is -0.505 e. The number of halogens is 5. The number of aromatic hydroxyl groups is 1. The molecule has 0 aliphatic carbocycles. The van der Waals surface area contributed by atoms with Gasteiger partial charge >= 0.3 is 0 Å². The van der Waals surface area contributed by atoms with E-state index in [2.05, 4.69) is 6.92 Å². The van der Waals surface area contributed by atoms with Crippen LogP contribution in [0.2, 0.25) is 25.1 Å². The Labute approximate surface area is 282 Å². The average Bonchev–Trinajstić information content (AvgIpc) is 3.80. The van der Waals surface area contributed by atoms with Gasteiger partial charge in [0, 0.05) is 0 Å². The molecule has 21 heteroatoms. The molecule has 0 aromatic heterocycles. The monoisotopic (exact) mass is 756 g/mol. The van der Waals surface area contributed by atoms with Gasteiger partial charge < -0.3 is 80.2 Å². The van der Waals surface area contributed by atoms with Gasteiger partial charge in [0.2, 0.25) is 5.79 Å². The number of aliphatic hydroxyl groups is 11. The molecule has 10 atom stereocenters. The highest BCUT2D eigenvalue weighted by Crippen LogP contribution is 2.47. The van der Waals surface area contributed by atoms with E-state index < -0.39 is 80.7 Å². The SMILES string of the molecule is CC1CO1.OCC(O)CO.OC[C@H]1O[C@@](CO)(O[C@H]2O[C@H](CO)[C@@H](O)[C@H](O)[C@H]2O)[C@@H](O)[C@@H]1O.Oc1c(Cl)c(Cl)c(Cl)c(Cl)c1Cl. The standard InChI is InChI=1S/C12H22O11.C6HCl5O.C3H8O3.C3H6O/c13-1-4-6(16)8(18)9(19)11(21-4)23-12(3-15)10(20)7(17)5(2-14)22-12;7-1-2(8)4(10)6(12)5(11)3(1)9;4-1-3(6)2-5;1-3-2-4-3/h4-11,13-20H,1-3H2;12H;3-6H,1-2H2;3H,2H2,1H3/t4-,5-,6-,7-,8+,9-,10+,11-,12+;;;/m1.../s1. The fourth-order valence-corrected chi connectivity index (χ4v) is 4.51. The van der Waals surface area contributed by atoms with Gasteiger partial charge in [-0.2, -0.15) is 0 Å². The number of benzene rings is 1. The first-order valence-electron chi connectivity index (χ1n) is 12.9. The van der Waals surface area contributed by atoms with E-state index >= 15 is 0 Å². The molecule has 3 aliphatic heterocycles. The lowest BCUT2D eigenvalue weighted by molar-refractivity contribution is -0.383. The molecule has 0 amide bonds. The van der Waals surface area contributed by atoms with E-state index in [9.17, 15) is 35.7 Å². The first-order valence-corrected chi connectivity index (χ1v) is 14.8. The third kappa shape index (κ3) is 11.5. The molecule has 16 nitrogen and oxygen atoms in total. The second-order valence-electron chi connectivity index (χ2n) is 9.64. The minimum atomic E-state index is -2.22. The maximum atomic E-state index is 10.00. The summed E-state index contributed by atoms with van der Waals surface area (Å²) in [4.78, 5) is 0. The van der Waals surface area contributed by atoms with Gasteiger partial charge in [-0.1, -0.05) is 58.0 Å². The van der Waals surface area contributed by atoms with Crippen LogP contribution < -0.4 is 0 Å². The molecule has 45 heavy (non-hydrogen) atoms. The van der Waals surface area contributed by atoms with Crippen molar-refractivity contribution in [3.63, 3.8) is 0 Å². The summed E-state index contributed by atoms with van der Waals surface area (Å²) in [7, 11) is 0. The molecule has 0 saturated carbocycles. The summed E-state index contributed by atoms with van der Waals surface area (Å²) >= 11 is 27.9. The van der Waals surface area contributed by atoms with Crippen LogP contribution in [-0.4, -0.2) is 168 Å². The Hall–Kier alpha value is -0.130. The van der Waals surface area contributed by atoms with Crippen LogP contribution in [0.25, 0.3) is 0 Å². The smallest absolute Gasteiger partial charge is 0.224 e. The molecule has 0 radical (unpaired) electrons. The van der Waals surface area contributed by atoms with Gasteiger partial charge in [-0.3, -0.25) is 0 Å². The van der Waals surface area contributed by atoms with Crippen LogP contribution in [0.3, 0.4) is 0 Å². The quantitative estimate of drug-likeness (QED) is 0.0814. The van der Waals surface area contributed by atoms with Gasteiger partial charge in [-0.15, -0.1) is 0 Å². The molecule has 264 valence electrons. The zero-order valence-corrected chi connectivity index (χ0v) is 27.2. The van der Waals surface area contributed by atoms with E-state index in [4.69, 9.17) is 102 Å². The molecule has 1 unspecified atom stereocenters. The van der Waals surface area contributed by atoms with Crippen molar-refractivity contribution in [2.24, 2.45) is 0 Å². The molecule has 3 fully saturated rings. The fourth-order valence-electron chi connectivity index (χ4n) is 3.38. The van der Waals surface area contributed by atoms with E-state index in [1.807, 2.05) is 0 Å². The summed E-state index contributed by atoms with van der Waals surface area (Å²) < 4.78 is 20.2. The van der Waals surface area contributed by atoms with Gasteiger partial charge in [0.1, 0.15) is 65.5 Å². The lowest BCUT2D eigenvalue weighted by atomic mass is 9.99. The van der Waals surface area contributed by atoms with Crippen molar-refractivity contribution < 1.29 is 80.2 Å². The van der Waals surface area contributed by atoms with Crippen LogP contribution in [0.5, 0.6) is 5.75 Å². The summed E-state index contributed by atoms with van der Waals surface area (Å²) in [5.74, 6) is -2.58. The normalized spacial score (nSPS) is 33.8. The Kier molecular flexibility index (Phi) is 18.8. The van der Waals surface area contributed by atoms with Gasteiger partial charge in [0.05, 0.1) is 54.2 Å². The van der Waals surface area contributed by atoms with E-state index in [0.717, 1.165) is 6.61 Å². The summed E-state index contributed by atoms with van der Waals surface area (Å²) in [6, 6.07) is 0. The minimum absolute atomic E-state index is 0.00904. The molecule has 12 N–H and O–H groups in total. The Morgan fingerprint density at radius 3 is 1.53 bits per heavy atom. The van der Waals surface area contributed by atoms with Crippen molar-refractivity contribution in [3.8, 4) is 5.75 Å². The third-order valence-electron chi connectivity index (χ3n) is 6.18. The second-order valence-corrected chi connectivity index (χ2v) is 11.5. The topological polar surface area (TPSA) is 283 Å². The first-order chi connectivity index (χ1) is 21.0. The zero-order chi connectivity index (χ0) is 34.8. The van der Waals surface area contributed by atoms with Crippen LogP contribution >= 0.6 is 58.0 Å². The lowest BCUT2D eigenvalue weighted by Crippen LogP contribution is -2.62. The van der Waals surface area contributed by atoms with E-state index in [0.29, 0.717) is 6.10 Å². The molecule has 3 saturated heterocycles. The predicted octanol–water partition coefficient (Wildman–Crippen LogP) is -2.00. The van der Waals surface area contributed by atoms with Crippen molar-refractivity contribution in [2.75, 3.05) is 39.6 Å². The number of ether oxygens (including phenoxy) is 4. The van der Waals surface area contributed by atoms with Crippen molar-refractivity contribution >= 4 is 58.0 Å². The molecular formula is C24H37Cl5O16. The number of epoxide rings is 1. The second kappa shape index (κ2) is 19.8. The van der Waals surface area contributed by atoms with Gasteiger partial charge in [-0.05, 0) is 6.92 Å². The van der Waals surface area contributed by atoms with E-state index in [1.165, 1.54) is 0 Å². The van der Waals surface area contributed by atoms with Crippen molar-refractivity contribution in [1.82, 2.24) is 0 Å². The van der Waals surface area contributed by atoms with Crippen molar-refractivity contribution in [3.05, 3.63) is 25.1 Å². The van der Waals surface area contributed by atoms with Crippen LogP contribution in [0.15, 0.2) is 0 Å². The Morgan fingerprint density at radius 2 is 1.20 bits per heavy atom. The predicted molar refractivity (Wildman–Crippen MR) is 157 cm³/mol. The van der Waals surface area contributed by atoms with E-state index in [-0.39, 0.29) is 44.1 Å². The summed E-state index contributed by atoms with van der Waals surface area (Å²) in [6.45, 7) is -0.00992. The molecule has 3 aliphatic rings. The van der Waals surface area contributed by atoms with Crippen molar-refractivity contribution in [2.45, 2.75) is 73.9 Å². The van der Waals surface area contributed by atoms with E-state index in [1.54, 1.807) is 0 Å². The number of phenols is 1. The highest BCUT2D eigenvalue weighted by Gasteiger charge is 2.58. The Balaban J connectivity index is 0.000000378. The molecule has 1 aromatic carbocycles. The summed E-state index contributed by atoms with van der Waals surface area (Å²) in [5.41, 5.74) is 0. The lowest BCUT2D eigenvalue weighted by Gasteiger charge is -2.43. The molecule has 4 rings (SSSR count). The van der Waals surface area contributed by atoms with Gasteiger partial charge in [-0.25, -0.2) is 0 Å². The molecule has 3 heterocycles. The van der Waals surface area contributed by atoms with Crippen LogP contribution in [0, 0.1) is 0 Å². The fraction of sp³-hybridized carbons (Fsp3) is 0.750. The van der Waals surface area contributed by atoms with Crippen LogP contribution in [0.4, 0.5) is 0 Å². The Morgan fingerprint density at radius 1 is 0.756 bits per heavy atom. The largest absolute Gasteiger partial charge is 0.505 e. The van der Waals surface area contributed by atoms with Gasteiger partial charge in [0.25, 0.3) is 0 Å². The average molecular weight is 759 g/mol. The zero-order valence-electron chi connectivity index (χ0n) is 23.4. The van der Waals surface area contributed by atoms with Crippen LogP contribution in [0.1, 0.15) is 6.92 Å². The Bertz CT molecular complexity index is 931. The van der Waals surface area contributed by atoms with Crippen molar-refractivity contribution in [1.29, 1.82) is 0 Å². The maximum absolute atomic E-state index is 10.00. The molecule has 0 spiro atoms. The maximum Gasteiger partial charge on any atom is 0.224 e. The summed E-state index contributed by atoms with van der Waals surface area (Å²) in [6.07, 6.45) is -13.0. The third-order valence-corrected chi connectivity index (χ3v) is 8.44. The number of hydrogen-bond acceptors (Lipinski definition) is 16. The number of aliphatic hydroxyl groups excluding tert-OH is 11. The molecule has 1 aromatic rings. The molecule has 0 bridgehead atoms. The summed E-state index contributed by atoms with van der Waals surface area (Å²) in [5, 5.41) is 110. The molecular weight excluding hydrogens is 722 g/mol. The van der Waals surface area contributed by atoms with Crippen LogP contribution in [-0.2, 0) is 18.9 Å². The number of rotatable bonds is 7. The highest BCUT2D eigenvalue weighted by molar-refractivity contribution is 6.55. The van der Waals surface area contributed by atoms with Gasteiger partial charge in [0.15, 0.2) is 12.0 Å². The number of phenolic OH excluding ortho intramolecular Hbond substituents is 1. The highest BCUT2D eigenvalue weighted by atomic mass is 35.5. The first kappa shape index (κ1) is 42.9. The number of hydrogen-bond donors (Lipinski definition) is 12.